The molecular weight excluding hydrogens is 362 g/mol. The van der Waals surface area contributed by atoms with Crippen LogP contribution in [-0.4, -0.2) is 21.7 Å². The molecule has 4 aromatic rings. The summed E-state index contributed by atoms with van der Waals surface area (Å²) in [6.45, 7) is 0.543. The van der Waals surface area contributed by atoms with Crippen molar-refractivity contribution in [2.24, 2.45) is 0 Å². The molecule has 5 heteroatoms. The topological polar surface area (TPSA) is 67.3 Å². The van der Waals surface area contributed by atoms with E-state index in [1.165, 1.54) is 0 Å². The minimum Gasteiger partial charge on any atom is -0.489 e. The number of aromatic nitrogens is 2. The minimum absolute atomic E-state index is 0.00707. The highest BCUT2D eigenvalue weighted by Crippen LogP contribution is 2.26. The number of hydrogen-bond acceptors (Lipinski definition) is 5. The van der Waals surface area contributed by atoms with Crippen LogP contribution >= 0.6 is 0 Å². The fraction of sp³-hybridized carbons (Fsp3) is 0.0833. The van der Waals surface area contributed by atoms with Crippen molar-refractivity contribution in [3.63, 3.8) is 0 Å². The molecule has 1 heterocycles. The van der Waals surface area contributed by atoms with Crippen LogP contribution in [0.4, 0.5) is 11.5 Å². The van der Waals surface area contributed by atoms with E-state index >= 15 is 0 Å². The highest BCUT2D eigenvalue weighted by molar-refractivity contribution is 5.92. The average Bonchev–Trinajstić information content (AvgIpc) is 2.78. The van der Waals surface area contributed by atoms with Crippen molar-refractivity contribution in [3.8, 4) is 5.75 Å². The van der Waals surface area contributed by atoms with Gasteiger partial charge >= 0.3 is 0 Å². The molecule has 144 valence electrons. The van der Waals surface area contributed by atoms with E-state index in [-0.39, 0.29) is 6.61 Å². The summed E-state index contributed by atoms with van der Waals surface area (Å²) < 4.78 is 5.84. The normalized spacial score (nSPS) is 11.1. The van der Waals surface area contributed by atoms with E-state index < -0.39 is 0 Å². The first-order valence-corrected chi connectivity index (χ1v) is 9.38. The smallest absolute Gasteiger partial charge is 0.141 e. The van der Waals surface area contributed by atoms with E-state index in [9.17, 15) is 0 Å². The Morgan fingerprint density at radius 3 is 2.55 bits per heavy atom. The Balaban J connectivity index is 1.50. The molecular formula is C24H21N3O2. The van der Waals surface area contributed by atoms with E-state index in [0.717, 1.165) is 39.3 Å². The fourth-order valence-corrected chi connectivity index (χ4v) is 2.98. The number of nitrogens with zero attached hydrogens (tertiary/aromatic N) is 2. The van der Waals surface area contributed by atoms with Crippen LogP contribution in [0.2, 0.25) is 0 Å². The van der Waals surface area contributed by atoms with Gasteiger partial charge in [0.1, 0.15) is 24.5 Å². The number of hydrogen-bond donors (Lipinski definition) is 2. The summed E-state index contributed by atoms with van der Waals surface area (Å²) in [6, 6.07) is 23.8. The number of aliphatic hydroxyl groups is 1. The third-order valence-corrected chi connectivity index (χ3v) is 4.44. The van der Waals surface area contributed by atoms with Gasteiger partial charge in [-0.25, -0.2) is 9.97 Å². The van der Waals surface area contributed by atoms with Crippen LogP contribution in [0.15, 0.2) is 85.2 Å². The predicted molar refractivity (Wildman–Crippen MR) is 116 cm³/mol. The third-order valence-electron chi connectivity index (χ3n) is 4.44. The molecule has 3 aromatic carbocycles. The quantitative estimate of drug-likeness (QED) is 0.472. The molecule has 0 atom stereocenters. The number of anilines is 2. The van der Waals surface area contributed by atoms with Gasteiger partial charge in [-0.3, -0.25) is 0 Å². The van der Waals surface area contributed by atoms with Crippen molar-refractivity contribution in [1.82, 2.24) is 9.97 Å². The molecule has 0 unspecified atom stereocenters. The van der Waals surface area contributed by atoms with Crippen molar-refractivity contribution >= 4 is 28.5 Å². The van der Waals surface area contributed by atoms with Crippen LogP contribution in [0.25, 0.3) is 17.0 Å². The van der Waals surface area contributed by atoms with Crippen LogP contribution in [0.3, 0.4) is 0 Å². The van der Waals surface area contributed by atoms with Crippen LogP contribution in [0.1, 0.15) is 11.1 Å². The number of aliphatic hydroxyl groups excluding tert-OH is 1. The molecule has 0 spiro atoms. The van der Waals surface area contributed by atoms with Gasteiger partial charge in [0.25, 0.3) is 0 Å². The summed E-state index contributed by atoms with van der Waals surface area (Å²) in [7, 11) is 0. The Bertz CT molecular complexity index is 1110. The molecule has 0 radical (unpaired) electrons. The number of fused-ring (bicyclic) bond motifs is 1. The molecule has 4 rings (SSSR count). The van der Waals surface area contributed by atoms with Crippen molar-refractivity contribution in [2.45, 2.75) is 6.61 Å². The summed E-state index contributed by atoms with van der Waals surface area (Å²) in [5, 5.41) is 13.2. The summed E-state index contributed by atoms with van der Waals surface area (Å²) in [5.41, 5.74) is 3.88. The van der Waals surface area contributed by atoms with Gasteiger partial charge in [-0.15, -0.1) is 0 Å². The fourth-order valence-electron chi connectivity index (χ4n) is 2.98. The van der Waals surface area contributed by atoms with Gasteiger partial charge in [-0.05, 0) is 47.5 Å². The lowest BCUT2D eigenvalue weighted by Gasteiger charge is -2.10. The molecule has 1 aromatic heterocycles. The van der Waals surface area contributed by atoms with E-state index in [2.05, 4.69) is 15.3 Å². The minimum atomic E-state index is 0.00707. The second-order valence-electron chi connectivity index (χ2n) is 6.51. The van der Waals surface area contributed by atoms with Crippen LogP contribution in [-0.2, 0) is 6.61 Å². The van der Waals surface area contributed by atoms with Gasteiger partial charge in [-0.1, -0.05) is 48.6 Å². The number of nitrogens with one attached hydrogen (secondary N) is 1. The van der Waals surface area contributed by atoms with E-state index in [4.69, 9.17) is 9.84 Å². The second-order valence-corrected chi connectivity index (χ2v) is 6.51. The van der Waals surface area contributed by atoms with Crippen LogP contribution in [0.5, 0.6) is 5.75 Å². The molecule has 0 saturated carbocycles. The van der Waals surface area contributed by atoms with Crippen LogP contribution in [0, 0.1) is 0 Å². The molecule has 0 bridgehead atoms. The molecule has 0 saturated heterocycles. The Morgan fingerprint density at radius 1 is 0.931 bits per heavy atom. The highest BCUT2D eigenvalue weighted by Gasteiger charge is 2.05. The molecule has 29 heavy (non-hydrogen) atoms. The van der Waals surface area contributed by atoms with Gasteiger partial charge in [0.2, 0.25) is 0 Å². The first-order valence-electron chi connectivity index (χ1n) is 9.38. The molecule has 0 fully saturated rings. The number of rotatable bonds is 7. The third kappa shape index (κ3) is 4.78. The summed E-state index contributed by atoms with van der Waals surface area (Å²) in [6.07, 6.45) is 5.12. The lowest BCUT2D eigenvalue weighted by Crippen LogP contribution is -1.97. The monoisotopic (exact) mass is 383 g/mol. The number of ether oxygens (including phenoxy) is 1. The molecule has 0 amide bonds. The largest absolute Gasteiger partial charge is 0.489 e. The van der Waals surface area contributed by atoms with Crippen molar-refractivity contribution in [3.05, 3.63) is 96.3 Å². The zero-order valence-corrected chi connectivity index (χ0v) is 15.8. The zero-order chi connectivity index (χ0) is 19.9. The standard InChI is InChI=1S/C24H21N3O2/c28-14-4-7-18-8-13-23-22(15-18)24(26-17-25-23)27-20-9-11-21(12-10-20)29-16-19-5-2-1-3-6-19/h1-13,15,17,28H,14,16H2,(H,25,26,27). The highest BCUT2D eigenvalue weighted by atomic mass is 16.5. The first kappa shape index (κ1) is 18.7. The van der Waals surface area contributed by atoms with E-state index in [1.54, 1.807) is 12.4 Å². The van der Waals surface area contributed by atoms with Gasteiger partial charge in [0.15, 0.2) is 0 Å². The number of benzene rings is 3. The molecule has 0 aliphatic carbocycles. The Labute approximate surface area is 169 Å². The summed E-state index contributed by atoms with van der Waals surface area (Å²) in [4.78, 5) is 8.72. The maximum atomic E-state index is 8.98. The van der Waals surface area contributed by atoms with Crippen molar-refractivity contribution in [1.29, 1.82) is 0 Å². The van der Waals surface area contributed by atoms with Gasteiger partial charge in [0, 0.05) is 11.1 Å². The second kappa shape index (κ2) is 8.99. The Hall–Kier alpha value is -3.70. The lowest BCUT2D eigenvalue weighted by molar-refractivity contribution is 0.306. The lowest BCUT2D eigenvalue weighted by atomic mass is 10.1. The first-order chi connectivity index (χ1) is 14.3. The molecule has 0 aliphatic rings. The zero-order valence-electron chi connectivity index (χ0n) is 15.8. The SMILES string of the molecule is OCC=Cc1ccc2ncnc(Nc3ccc(OCc4ccccc4)cc3)c2c1. The Kier molecular flexibility index (Phi) is 5.78. The summed E-state index contributed by atoms with van der Waals surface area (Å²) in [5.74, 6) is 1.54. The van der Waals surface area contributed by atoms with Crippen molar-refractivity contribution in [2.75, 3.05) is 11.9 Å². The maximum absolute atomic E-state index is 8.98. The molecule has 2 N–H and O–H groups in total. The summed E-state index contributed by atoms with van der Waals surface area (Å²) >= 11 is 0. The van der Waals surface area contributed by atoms with Crippen LogP contribution < -0.4 is 10.1 Å². The van der Waals surface area contributed by atoms with Gasteiger partial charge in [-0.2, -0.15) is 0 Å². The van der Waals surface area contributed by atoms with Gasteiger partial charge in [0.05, 0.1) is 12.1 Å². The van der Waals surface area contributed by atoms with E-state index in [0.29, 0.717) is 6.61 Å². The van der Waals surface area contributed by atoms with Gasteiger partial charge < -0.3 is 15.2 Å². The molecule has 5 nitrogen and oxygen atoms in total. The van der Waals surface area contributed by atoms with E-state index in [1.807, 2.05) is 78.9 Å². The Morgan fingerprint density at radius 2 is 1.76 bits per heavy atom. The molecule has 0 aliphatic heterocycles. The predicted octanol–water partition coefficient (Wildman–Crippen LogP) is 4.96. The van der Waals surface area contributed by atoms with Crippen molar-refractivity contribution < 1.29 is 9.84 Å². The average molecular weight is 383 g/mol. The maximum Gasteiger partial charge on any atom is 0.141 e.